The highest BCUT2D eigenvalue weighted by molar-refractivity contribution is 7.71. The Morgan fingerprint density at radius 1 is 1.14 bits per heavy atom. The predicted octanol–water partition coefficient (Wildman–Crippen LogP) is 2.10. The number of rotatable bonds is 7. The van der Waals surface area contributed by atoms with E-state index in [4.69, 9.17) is 12.2 Å². The molecule has 2 heterocycles. The van der Waals surface area contributed by atoms with Crippen LogP contribution in [0.2, 0.25) is 0 Å². The molecular formula is C19H21N7O2S. The molecule has 0 aliphatic heterocycles. The number of nitrogens with one attached hydrogen (secondary N) is 2. The number of anilines is 1. The monoisotopic (exact) mass is 411 g/mol. The second-order valence-corrected chi connectivity index (χ2v) is 6.58. The van der Waals surface area contributed by atoms with Crippen molar-refractivity contribution in [3.8, 4) is 0 Å². The second-order valence-electron chi connectivity index (χ2n) is 6.22. The first-order valence-corrected chi connectivity index (χ1v) is 9.47. The molecule has 0 spiro atoms. The van der Waals surface area contributed by atoms with E-state index in [1.165, 1.54) is 17.1 Å². The highest BCUT2D eigenvalue weighted by atomic mass is 32.1. The van der Waals surface area contributed by atoms with Crippen molar-refractivity contribution >= 4 is 30.0 Å². The molecule has 2 N–H and O–H groups in total. The Hall–Kier alpha value is -3.40. The smallest absolute Gasteiger partial charge is 0.251 e. The van der Waals surface area contributed by atoms with Crippen LogP contribution in [-0.4, -0.2) is 36.1 Å². The molecule has 29 heavy (non-hydrogen) atoms. The maximum absolute atomic E-state index is 12.5. The highest BCUT2D eigenvalue weighted by Crippen LogP contribution is 2.08. The predicted molar refractivity (Wildman–Crippen MR) is 110 cm³/mol. The lowest BCUT2D eigenvalue weighted by molar-refractivity contribution is -0.117. The summed E-state index contributed by atoms with van der Waals surface area (Å²) in [5.74, 6) is 0.251. The van der Waals surface area contributed by atoms with Crippen molar-refractivity contribution in [2.75, 3.05) is 5.32 Å². The van der Waals surface area contributed by atoms with Gasteiger partial charge in [0.25, 0.3) is 5.91 Å². The van der Waals surface area contributed by atoms with E-state index in [0.29, 0.717) is 22.7 Å². The topological polar surface area (TPSA) is 107 Å². The van der Waals surface area contributed by atoms with Gasteiger partial charge in [0.15, 0.2) is 10.6 Å². The minimum Gasteiger partial charge on any atom is -0.345 e. The average molecular weight is 411 g/mol. The number of benzene rings is 1. The Kier molecular flexibility index (Phi) is 6.45. The van der Waals surface area contributed by atoms with E-state index in [1.54, 1.807) is 16.7 Å². The van der Waals surface area contributed by atoms with E-state index in [9.17, 15) is 9.59 Å². The fraction of sp³-hybridized carbons (Fsp3) is 0.263. The van der Waals surface area contributed by atoms with Crippen LogP contribution in [0, 0.1) is 11.7 Å². The zero-order chi connectivity index (χ0) is 20.8. The molecule has 9 nitrogen and oxygen atoms in total. The molecule has 0 saturated heterocycles. The fourth-order valence-electron chi connectivity index (χ4n) is 2.78. The van der Waals surface area contributed by atoms with Crippen LogP contribution in [0.1, 0.15) is 28.7 Å². The molecule has 0 aliphatic rings. The van der Waals surface area contributed by atoms with Gasteiger partial charge in [-0.25, -0.2) is 14.6 Å². The average Bonchev–Trinajstić information content (AvgIpc) is 3.01. The molecule has 0 radical (unpaired) electrons. The van der Waals surface area contributed by atoms with Gasteiger partial charge in [-0.05, 0) is 43.8 Å². The van der Waals surface area contributed by atoms with Crippen molar-refractivity contribution < 1.29 is 9.59 Å². The van der Waals surface area contributed by atoms with Crippen LogP contribution >= 0.6 is 12.2 Å². The summed E-state index contributed by atoms with van der Waals surface area (Å²) in [6.07, 6.45) is 3.07. The van der Waals surface area contributed by atoms with Crippen LogP contribution in [0.4, 0.5) is 5.95 Å². The molecule has 2 amide bonds. The quantitative estimate of drug-likeness (QED) is 0.577. The van der Waals surface area contributed by atoms with Gasteiger partial charge in [0.05, 0.1) is 6.54 Å². The number of carbonyl (C=O) groups is 2. The van der Waals surface area contributed by atoms with Crippen molar-refractivity contribution in [2.45, 2.75) is 33.5 Å². The SMILES string of the molecule is CCn1c(CNC(=O)c2ccccc2C)nn(CC(=O)Nc2ncccn2)c1=S. The lowest BCUT2D eigenvalue weighted by atomic mass is 10.1. The molecule has 3 aromatic rings. The third-order valence-electron chi connectivity index (χ3n) is 4.22. The summed E-state index contributed by atoms with van der Waals surface area (Å²) >= 11 is 5.43. The minimum absolute atomic E-state index is 0.0805. The van der Waals surface area contributed by atoms with Gasteiger partial charge in [-0.15, -0.1) is 0 Å². The lowest BCUT2D eigenvalue weighted by Gasteiger charge is -2.07. The van der Waals surface area contributed by atoms with Crippen molar-refractivity contribution in [1.29, 1.82) is 0 Å². The summed E-state index contributed by atoms with van der Waals surface area (Å²) < 4.78 is 3.60. The Balaban J connectivity index is 1.70. The van der Waals surface area contributed by atoms with E-state index < -0.39 is 0 Å². The van der Waals surface area contributed by atoms with Crippen LogP contribution in [0.15, 0.2) is 42.7 Å². The van der Waals surface area contributed by atoms with Gasteiger partial charge in [0.1, 0.15) is 6.54 Å². The van der Waals surface area contributed by atoms with Crippen LogP contribution in [0.25, 0.3) is 0 Å². The Labute approximate surface area is 172 Å². The first-order valence-electron chi connectivity index (χ1n) is 9.06. The number of amides is 2. The van der Waals surface area contributed by atoms with E-state index in [1.807, 2.05) is 32.0 Å². The lowest BCUT2D eigenvalue weighted by Crippen LogP contribution is -2.25. The minimum atomic E-state index is -0.344. The van der Waals surface area contributed by atoms with Crippen LogP contribution in [-0.2, 0) is 24.4 Å². The van der Waals surface area contributed by atoms with Crippen molar-refractivity contribution in [1.82, 2.24) is 29.6 Å². The van der Waals surface area contributed by atoms with Gasteiger partial charge < -0.3 is 9.88 Å². The number of aryl methyl sites for hydroxylation is 1. The Morgan fingerprint density at radius 2 is 1.86 bits per heavy atom. The third kappa shape index (κ3) is 4.91. The summed E-state index contributed by atoms with van der Waals surface area (Å²) in [6, 6.07) is 9.01. The maximum Gasteiger partial charge on any atom is 0.251 e. The van der Waals surface area contributed by atoms with E-state index in [0.717, 1.165) is 5.56 Å². The highest BCUT2D eigenvalue weighted by Gasteiger charge is 2.15. The van der Waals surface area contributed by atoms with Gasteiger partial charge in [0.2, 0.25) is 11.9 Å². The van der Waals surface area contributed by atoms with Crippen molar-refractivity contribution in [3.63, 3.8) is 0 Å². The fourth-order valence-corrected chi connectivity index (χ4v) is 3.12. The molecule has 0 atom stereocenters. The van der Waals surface area contributed by atoms with E-state index >= 15 is 0 Å². The molecule has 0 fully saturated rings. The van der Waals surface area contributed by atoms with Crippen LogP contribution in [0.3, 0.4) is 0 Å². The summed E-state index contributed by atoms with van der Waals surface area (Å²) in [4.78, 5) is 32.6. The normalized spacial score (nSPS) is 10.6. The number of hydrogen-bond acceptors (Lipinski definition) is 6. The molecule has 1 aromatic carbocycles. The van der Waals surface area contributed by atoms with Crippen LogP contribution in [0.5, 0.6) is 0 Å². The molecule has 3 rings (SSSR count). The molecule has 2 aromatic heterocycles. The third-order valence-corrected chi connectivity index (χ3v) is 4.65. The number of nitrogens with zero attached hydrogens (tertiary/aromatic N) is 5. The summed E-state index contributed by atoms with van der Waals surface area (Å²) in [5.41, 5.74) is 1.50. The first-order chi connectivity index (χ1) is 14.0. The number of hydrogen-bond donors (Lipinski definition) is 2. The van der Waals surface area contributed by atoms with Crippen molar-refractivity contribution in [2.24, 2.45) is 0 Å². The van der Waals surface area contributed by atoms with E-state index in [2.05, 4.69) is 25.7 Å². The van der Waals surface area contributed by atoms with Crippen molar-refractivity contribution in [3.05, 3.63) is 64.4 Å². The summed E-state index contributed by atoms with van der Waals surface area (Å²) in [7, 11) is 0. The first kappa shape index (κ1) is 20.3. The number of aromatic nitrogens is 5. The summed E-state index contributed by atoms with van der Waals surface area (Å²) in [6.45, 7) is 4.49. The second kappa shape index (κ2) is 9.20. The maximum atomic E-state index is 12.5. The molecule has 0 saturated carbocycles. The van der Waals surface area contributed by atoms with Gasteiger partial charge in [0, 0.05) is 24.5 Å². The van der Waals surface area contributed by atoms with Crippen LogP contribution < -0.4 is 10.6 Å². The van der Waals surface area contributed by atoms with Gasteiger partial charge in [-0.1, -0.05) is 18.2 Å². The number of carbonyl (C=O) groups excluding carboxylic acids is 2. The molecule has 0 bridgehead atoms. The Morgan fingerprint density at radius 3 is 2.55 bits per heavy atom. The van der Waals surface area contributed by atoms with Gasteiger partial charge >= 0.3 is 0 Å². The standard InChI is InChI=1S/C19H21N7O2S/c1-3-25-15(11-22-17(28)14-8-5-4-7-13(14)2)24-26(19(25)29)12-16(27)23-18-20-9-6-10-21-18/h4-10H,3,11-12H2,1-2H3,(H,22,28)(H,20,21,23,27). The Bertz CT molecular complexity index is 1080. The zero-order valence-electron chi connectivity index (χ0n) is 16.1. The summed E-state index contributed by atoms with van der Waals surface area (Å²) in [5, 5.41) is 9.87. The largest absolute Gasteiger partial charge is 0.345 e. The molecule has 150 valence electrons. The van der Waals surface area contributed by atoms with E-state index in [-0.39, 0.29) is 30.9 Å². The zero-order valence-corrected chi connectivity index (χ0v) is 16.9. The molecule has 0 aliphatic carbocycles. The molecular weight excluding hydrogens is 390 g/mol. The molecule has 0 unspecified atom stereocenters. The molecule has 10 heteroatoms. The van der Waals surface area contributed by atoms with Gasteiger partial charge in [-0.2, -0.15) is 5.10 Å². The van der Waals surface area contributed by atoms with Gasteiger partial charge in [-0.3, -0.25) is 14.9 Å².